The number of imidazole rings is 1. The van der Waals surface area contributed by atoms with Gasteiger partial charge in [0.05, 0.1) is 15.6 Å². The highest BCUT2D eigenvalue weighted by molar-refractivity contribution is 6.39. The molecule has 3 aliphatic rings. The zero-order valence-corrected chi connectivity index (χ0v) is 22.4. The standard InChI is InChI=1S/C29H26Cl2N4O3/c1-16-32-25(28(36)37)21-6-3-7-22(35(16)21)34-12-10-29(11-13-34)14-18(15-29)23-26(33-38-27(23)17-8-9-17)24-19(30)4-2-5-20(24)31/h2-7,14,17H,8-13,15H2,1H3,(H,36,37). The van der Waals surface area contributed by atoms with Crippen molar-refractivity contribution in [3.8, 4) is 11.3 Å². The molecule has 0 radical (unpaired) electrons. The molecule has 1 aromatic carbocycles. The van der Waals surface area contributed by atoms with E-state index in [1.165, 1.54) is 5.57 Å². The molecule has 4 heterocycles. The first kappa shape index (κ1) is 23.8. The highest BCUT2D eigenvalue weighted by atomic mass is 35.5. The molecule has 1 spiro atoms. The Hall–Kier alpha value is -3.29. The fourth-order valence-electron chi connectivity index (χ4n) is 6.21. The van der Waals surface area contributed by atoms with E-state index in [0.29, 0.717) is 27.3 Å². The fraction of sp³-hybridized carbons (Fsp3) is 0.345. The van der Waals surface area contributed by atoms with Crippen LogP contribution in [-0.2, 0) is 0 Å². The van der Waals surface area contributed by atoms with Crippen molar-refractivity contribution in [2.75, 3.05) is 18.0 Å². The largest absolute Gasteiger partial charge is 0.476 e. The minimum atomic E-state index is -1.01. The van der Waals surface area contributed by atoms with Gasteiger partial charge in [-0.2, -0.15) is 0 Å². The van der Waals surface area contributed by atoms with Gasteiger partial charge >= 0.3 is 5.97 Å². The van der Waals surface area contributed by atoms with Crippen molar-refractivity contribution in [2.24, 2.45) is 5.41 Å². The average molecular weight is 549 g/mol. The van der Waals surface area contributed by atoms with E-state index in [4.69, 9.17) is 27.7 Å². The van der Waals surface area contributed by atoms with Crippen LogP contribution in [0.25, 0.3) is 22.3 Å². The second kappa shape index (κ2) is 8.61. The van der Waals surface area contributed by atoms with Gasteiger partial charge in [-0.05, 0) is 74.3 Å². The Balaban J connectivity index is 1.18. The zero-order chi connectivity index (χ0) is 26.2. The van der Waals surface area contributed by atoms with Gasteiger partial charge in [-0.1, -0.05) is 46.6 Å². The summed E-state index contributed by atoms with van der Waals surface area (Å²) in [4.78, 5) is 18.3. The number of benzene rings is 1. The molecule has 7 nitrogen and oxygen atoms in total. The van der Waals surface area contributed by atoms with Crippen LogP contribution >= 0.6 is 23.2 Å². The smallest absolute Gasteiger partial charge is 0.356 e. The van der Waals surface area contributed by atoms with Gasteiger partial charge in [-0.15, -0.1) is 0 Å². The maximum atomic E-state index is 11.7. The van der Waals surface area contributed by atoms with Gasteiger partial charge in [-0.3, -0.25) is 4.40 Å². The fourth-order valence-corrected chi connectivity index (χ4v) is 6.79. The third-order valence-electron chi connectivity index (χ3n) is 8.31. The molecule has 9 heteroatoms. The van der Waals surface area contributed by atoms with Gasteiger partial charge in [0, 0.05) is 30.1 Å². The molecule has 2 aliphatic carbocycles. The second-order valence-corrected chi connectivity index (χ2v) is 11.6. The van der Waals surface area contributed by atoms with Crippen LogP contribution in [0.15, 0.2) is 47.0 Å². The van der Waals surface area contributed by atoms with Crippen LogP contribution in [0.1, 0.15) is 65.7 Å². The first-order valence-electron chi connectivity index (χ1n) is 13.0. The van der Waals surface area contributed by atoms with Crippen molar-refractivity contribution in [2.45, 2.75) is 44.9 Å². The van der Waals surface area contributed by atoms with Gasteiger partial charge in [0.25, 0.3) is 0 Å². The first-order valence-corrected chi connectivity index (χ1v) is 13.7. The molecule has 194 valence electrons. The number of allylic oxidation sites excluding steroid dienone is 2. The number of carboxylic acids is 1. The van der Waals surface area contributed by atoms with E-state index < -0.39 is 5.97 Å². The lowest BCUT2D eigenvalue weighted by Crippen LogP contribution is -2.43. The van der Waals surface area contributed by atoms with Crippen molar-refractivity contribution in [3.63, 3.8) is 0 Å². The molecule has 1 N–H and O–H groups in total. The Labute approximate surface area is 229 Å². The van der Waals surface area contributed by atoms with Crippen molar-refractivity contribution in [1.29, 1.82) is 0 Å². The quantitative estimate of drug-likeness (QED) is 0.282. The molecule has 38 heavy (non-hydrogen) atoms. The van der Waals surface area contributed by atoms with Crippen LogP contribution in [0.5, 0.6) is 0 Å². The van der Waals surface area contributed by atoms with E-state index in [0.717, 1.165) is 73.6 Å². The van der Waals surface area contributed by atoms with E-state index >= 15 is 0 Å². The molecular weight excluding hydrogens is 523 g/mol. The Morgan fingerprint density at radius 3 is 2.42 bits per heavy atom. The number of aromatic nitrogens is 3. The number of pyridine rings is 1. The lowest BCUT2D eigenvalue weighted by atomic mass is 9.63. The minimum Gasteiger partial charge on any atom is -0.476 e. The zero-order valence-electron chi connectivity index (χ0n) is 20.9. The van der Waals surface area contributed by atoms with E-state index in [-0.39, 0.29) is 11.1 Å². The van der Waals surface area contributed by atoms with Crippen LogP contribution < -0.4 is 4.90 Å². The summed E-state index contributed by atoms with van der Waals surface area (Å²) in [6, 6.07) is 11.3. The number of hydrogen-bond acceptors (Lipinski definition) is 5. The Kier molecular flexibility index (Phi) is 5.39. The van der Waals surface area contributed by atoms with Gasteiger partial charge in [0.2, 0.25) is 0 Å². The summed E-state index contributed by atoms with van der Waals surface area (Å²) in [6.45, 7) is 3.62. The number of rotatable bonds is 5. The number of carbonyl (C=O) groups is 1. The average Bonchev–Trinajstić information content (AvgIpc) is 3.55. The normalized spacial score (nSPS) is 18.6. The van der Waals surface area contributed by atoms with Gasteiger partial charge in [0.1, 0.15) is 23.1 Å². The molecule has 0 amide bonds. The van der Waals surface area contributed by atoms with Gasteiger partial charge < -0.3 is 14.5 Å². The van der Waals surface area contributed by atoms with Crippen molar-refractivity contribution in [3.05, 3.63) is 75.4 Å². The minimum absolute atomic E-state index is 0.0963. The van der Waals surface area contributed by atoms with Crippen LogP contribution in [0.3, 0.4) is 0 Å². The monoisotopic (exact) mass is 548 g/mol. The van der Waals surface area contributed by atoms with Crippen LogP contribution in [0, 0.1) is 12.3 Å². The summed E-state index contributed by atoms with van der Waals surface area (Å²) in [7, 11) is 0. The van der Waals surface area contributed by atoms with Crippen LogP contribution in [0.4, 0.5) is 5.82 Å². The first-order chi connectivity index (χ1) is 18.3. The number of carboxylic acid groups (broad SMARTS) is 1. The third kappa shape index (κ3) is 3.67. The highest BCUT2D eigenvalue weighted by Crippen LogP contribution is 2.56. The molecule has 4 aromatic rings. The summed E-state index contributed by atoms with van der Waals surface area (Å²) < 4.78 is 7.86. The third-order valence-corrected chi connectivity index (χ3v) is 8.94. The second-order valence-electron chi connectivity index (χ2n) is 10.8. The molecular formula is C29H26Cl2N4O3. The molecule has 0 atom stereocenters. The summed E-state index contributed by atoms with van der Waals surface area (Å²) in [5, 5.41) is 15.2. The molecule has 1 aliphatic heterocycles. The van der Waals surface area contributed by atoms with E-state index in [1.54, 1.807) is 0 Å². The highest BCUT2D eigenvalue weighted by Gasteiger charge is 2.44. The number of piperidine rings is 1. The molecule has 3 aromatic heterocycles. The molecule has 0 unspecified atom stereocenters. The summed E-state index contributed by atoms with van der Waals surface area (Å²) in [6.07, 6.45) is 7.65. The van der Waals surface area contributed by atoms with Crippen LogP contribution in [0.2, 0.25) is 10.0 Å². The summed E-state index contributed by atoms with van der Waals surface area (Å²) >= 11 is 13.1. The number of aromatic carboxylic acids is 1. The number of nitrogens with zero attached hydrogens (tertiary/aromatic N) is 4. The van der Waals surface area contributed by atoms with Crippen molar-refractivity contribution < 1.29 is 14.4 Å². The van der Waals surface area contributed by atoms with Gasteiger partial charge in [0.15, 0.2) is 5.69 Å². The van der Waals surface area contributed by atoms with E-state index in [1.807, 2.05) is 47.7 Å². The number of anilines is 1. The molecule has 2 fully saturated rings. The lowest BCUT2D eigenvalue weighted by molar-refractivity contribution is 0.0693. The van der Waals surface area contributed by atoms with E-state index in [9.17, 15) is 9.90 Å². The lowest BCUT2D eigenvalue weighted by Gasteiger charge is -2.47. The predicted octanol–water partition coefficient (Wildman–Crippen LogP) is 7.25. The Bertz CT molecular complexity index is 1620. The number of halogens is 2. The molecule has 0 bridgehead atoms. The SMILES string of the molecule is Cc1nc(C(=O)O)c2cccc(N3CCC4(C=C(c5c(-c6c(Cl)cccc6Cl)noc5C5CC5)C4)CC3)n12. The summed E-state index contributed by atoms with van der Waals surface area (Å²) in [5.74, 6) is 2.05. The summed E-state index contributed by atoms with van der Waals surface area (Å²) in [5.41, 5.74) is 4.70. The van der Waals surface area contributed by atoms with Gasteiger partial charge in [-0.25, -0.2) is 9.78 Å². The van der Waals surface area contributed by atoms with Crippen LogP contribution in [-0.4, -0.2) is 38.7 Å². The number of aryl methyl sites for hydroxylation is 1. The Morgan fingerprint density at radius 2 is 1.76 bits per heavy atom. The predicted molar refractivity (Wildman–Crippen MR) is 147 cm³/mol. The topological polar surface area (TPSA) is 83.9 Å². The number of fused-ring (bicyclic) bond motifs is 1. The van der Waals surface area contributed by atoms with E-state index in [2.05, 4.69) is 21.1 Å². The molecule has 7 rings (SSSR count). The maximum absolute atomic E-state index is 11.7. The van der Waals surface area contributed by atoms with Crippen molar-refractivity contribution in [1.82, 2.24) is 14.5 Å². The number of hydrogen-bond donors (Lipinski definition) is 1. The van der Waals surface area contributed by atoms with Crippen molar-refractivity contribution >= 4 is 46.1 Å². The molecule has 1 saturated heterocycles. The maximum Gasteiger partial charge on any atom is 0.356 e. The Morgan fingerprint density at radius 1 is 1.08 bits per heavy atom. The molecule has 1 saturated carbocycles.